The summed E-state index contributed by atoms with van der Waals surface area (Å²) >= 11 is 0. The summed E-state index contributed by atoms with van der Waals surface area (Å²) in [6.45, 7) is 3.70. The van der Waals surface area contributed by atoms with E-state index in [1.807, 2.05) is 32.0 Å². The van der Waals surface area contributed by atoms with E-state index in [0.717, 1.165) is 56.2 Å². The number of hydrogen-bond acceptors (Lipinski definition) is 5. The topological polar surface area (TPSA) is 61.4 Å². The zero-order valence-corrected chi connectivity index (χ0v) is 15.8. The fraction of sp³-hybridized carbons (Fsp3) is 0.737. The molecule has 1 N–H and O–H groups in total. The van der Waals surface area contributed by atoms with Crippen LogP contribution >= 0.6 is 0 Å². The van der Waals surface area contributed by atoms with E-state index in [1.54, 1.807) is 0 Å². The number of amides is 1. The Morgan fingerprint density at radius 3 is 2.44 bits per heavy atom. The molecule has 0 bridgehead atoms. The Labute approximate surface area is 151 Å². The number of carbonyl (C=O) groups excluding carboxylic acids is 1. The number of aromatic nitrogens is 2. The Bertz CT molecular complexity index is 589. The van der Waals surface area contributed by atoms with Crippen molar-refractivity contribution in [2.45, 2.75) is 57.9 Å². The largest absolute Gasteiger partial charge is 0.363 e. The molecular formula is C19H31N5O. The van der Waals surface area contributed by atoms with Gasteiger partial charge in [0.05, 0.1) is 0 Å². The van der Waals surface area contributed by atoms with Crippen LogP contribution in [0.15, 0.2) is 6.07 Å². The lowest BCUT2D eigenvalue weighted by atomic mass is 9.92. The molecule has 3 rings (SSSR count). The maximum atomic E-state index is 12.5. The van der Waals surface area contributed by atoms with E-state index in [0.29, 0.717) is 6.04 Å². The molecule has 2 aliphatic rings. The summed E-state index contributed by atoms with van der Waals surface area (Å²) in [5.41, 5.74) is 0.978. The highest BCUT2D eigenvalue weighted by Crippen LogP contribution is 2.24. The molecule has 2 heterocycles. The second-order valence-corrected chi connectivity index (χ2v) is 7.67. The van der Waals surface area contributed by atoms with Gasteiger partial charge in [-0.05, 0) is 32.6 Å². The van der Waals surface area contributed by atoms with Crippen molar-refractivity contribution < 1.29 is 4.79 Å². The fourth-order valence-electron chi connectivity index (χ4n) is 3.81. The number of aryl methyl sites for hydroxylation is 1. The van der Waals surface area contributed by atoms with Gasteiger partial charge in [-0.2, -0.15) is 4.98 Å². The zero-order valence-electron chi connectivity index (χ0n) is 15.8. The van der Waals surface area contributed by atoms with Crippen LogP contribution in [0, 0.1) is 12.8 Å². The summed E-state index contributed by atoms with van der Waals surface area (Å²) in [6.07, 6.45) is 7.88. The Kier molecular flexibility index (Phi) is 5.76. The van der Waals surface area contributed by atoms with Crippen LogP contribution in [0.25, 0.3) is 0 Å². The second-order valence-electron chi connectivity index (χ2n) is 7.67. The van der Waals surface area contributed by atoms with Gasteiger partial charge >= 0.3 is 0 Å². The van der Waals surface area contributed by atoms with Gasteiger partial charge < -0.3 is 15.1 Å². The van der Waals surface area contributed by atoms with Crippen LogP contribution < -0.4 is 15.1 Å². The van der Waals surface area contributed by atoms with Crippen LogP contribution in [0.3, 0.4) is 0 Å². The summed E-state index contributed by atoms with van der Waals surface area (Å²) in [6, 6.07) is 2.40. The Balaban J connectivity index is 1.55. The van der Waals surface area contributed by atoms with Gasteiger partial charge in [0.25, 0.3) is 0 Å². The van der Waals surface area contributed by atoms with Gasteiger partial charge in [-0.3, -0.25) is 4.79 Å². The molecule has 0 aromatic carbocycles. The third-order valence-corrected chi connectivity index (χ3v) is 5.39. The molecule has 1 aliphatic carbocycles. The molecule has 0 spiro atoms. The smallest absolute Gasteiger partial charge is 0.227 e. The zero-order chi connectivity index (χ0) is 17.8. The van der Waals surface area contributed by atoms with Crippen molar-refractivity contribution in [3.63, 3.8) is 0 Å². The Morgan fingerprint density at radius 1 is 1.12 bits per heavy atom. The average molecular weight is 345 g/mol. The number of anilines is 2. The molecule has 0 unspecified atom stereocenters. The number of nitrogens with zero attached hydrogens (tertiary/aromatic N) is 4. The lowest BCUT2D eigenvalue weighted by Gasteiger charge is -2.33. The fourth-order valence-corrected chi connectivity index (χ4v) is 3.81. The minimum absolute atomic E-state index is 0.135. The van der Waals surface area contributed by atoms with Crippen molar-refractivity contribution in [1.82, 2.24) is 15.3 Å². The van der Waals surface area contributed by atoms with Crippen molar-refractivity contribution in [2.75, 3.05) is 37.0 Å². The molecule has 25 heavy (non-hydrogen) atoms. The van der Waals surface area contributed by atoms with E-state index in [2.05, 4.69) is 20.2 Å². The van der Waals surface area contributed by atoms with Gasteiger partial charge in [0.2, 0.25) is 11.9 Å². The maximum absolute atomic E-state index is 12.5. The third-order valence-electron chi connectivity index (χ3n) is 5.39. The van der Waals surface area contributed by atoms with Gasteiger partial charge in [-0.25, -0.2) is 4.98 Å². The van der Waals surface area contributed by atoms with Gasteiger partial charge in [0.15, 0.2) is 0 Å². The summed E-state index contributed by atoms with van der Waals surface area (Å²) < 4.78 is 0. The molecule has 138 valence electrons. The first kappa shape index (κ1) is 18.0. The van der Waals surface area contributed by atoms with Crippen LogP contribution in [0.4, 0.5) is 11.8 Å². The predicted molar refractivity (Wildman–Crippen MR) is 101 cm³/mol. The lowest BCUT2D eigenvalue weighted by Crippen LogP contribution is -2.44. The first-order valence-electron chi connectivity index (χ1n) is 9.61. The Morgan fingerprint density at radius 2 is 1.80 bits per heavy atom. The molecule has 1 saturated heterocycles. The summed E-state index contributed by atoms with van der Waals surface area (Å²) in [7, 11) is 3.99. The van der Waals surface area contributed by atoms with Crippen molar-refractivity contribution in [1.29, 1.82) is 0 Å². The highest BCUT2D eigenvalue weighted by Gasteiger charge is 2.28. The van der Waals surface area contributed by atoms with Crippen LogP contribution in [0.2, 0.25) is 0 Å². The van der Waals surface area contributed by atoms with Gasteiger partial charge in [0.1, 0.15) is 5.82 Å². The lowest BCUT2D eigenvalue weighted by molar-refractivity contribution is -0.126. The van der Waals surface area contributed by atoms with E-state index >= 15 is 0 Å². The number of piperidine rings is 1. The van der Waals surface area contributed by atoms with Crippen molar-refractivity contribution in [2.24, 2.45) is 5.92 Å². The Hall–Kier alpha value is -1.85. The van der Waals surface area contributed by atoms with E-state index in [-0.39, 0.29) is 11.8 Å². The number of rotatable bonds is 4. The molecule has 1 amide bonds. The van der Waals surface area contributed by atoms with Gasteiger partial charge in [-0.1, -0.05) is 19.3 Å². The predicted octanol–water partition coefficient (Wildman–Crippen LogP) is 2.52. The number of nitrogens with one attached hydrogen (secondary N) is 1. The molecule has 2 fully saturated rings. The maximum Gasteiger partial charge on any atom is 0.227 e. The first-order chi connectivity index (χ1) is 12.0. The molecule has 1 aromatic rings. The van der Waals surface area contributed by atoms with Gasteiger partial charge in [0, 0.05) is 50.9 Å². The minimum Gasteiger partial charge on any atom is -0.363 e. The highest BCUT2D eigenvalue weighted by molar-refractivity contribution is 5.79. The van der Waals surface area contributed by atoms with Crippen LogP contribution in [0.1, 0.15) is 50.6 Å². The minimum atomic E-state index is 0.135. The summed E-state index contributed by atoms with van der Waals surface area (Å²) in [5, 5.41) is 3.28. The van der Waals surface area contributed by atoms with E-state index in [4.69, 9.17) is 0 Å². The van der Waals surface area contributed by atoms with E-state index in [1.165, 1.54) is 19.3 Å². The normalized spacial score (nSPS) is 19.7. The van der Waals surface area contributed by atoms with Gasteiger partial charge in [-0.15, -0.1) is 0 Å². The van der Waals surface area contributed by atoms with Crippen molar-refractivity contribution >= 4 is 17.7 Å². The number of carbonyl (C=O) groups is 1. The monoisotopic (exact) mass is 345 g/mol. The van der Waals surface area contributed by atoms with E-state index in [9.17, 15) is 4.79 Å². The molecule has 1 saturated carbocycles. The average Bonchev–Trinajstić information content (AvgIpc) is 2.62. The van der Waals surface area contributed by atoms with Crippen LogP contribution in [-0.4, -0.2) is 49.1 Å². The standard InChI is InChI=1S/C19H31N5O/c1-14-13-17(23(2)3)22-19(20-14)24-11-9-15(10-12-24)18(25)21-16-7-5-4-6-8-16/h13,15-16H,4-12H2,1-3H3,(H,21,25). The first-order valence-corrected chi connectivity index (χ1v) is 9.61. The van der Waals surface area contributed by atoms with Crippen LogP contribution in [-0.2, 0) is 4.79 Å². The van der Waals surface area contributed by atoms with Crippen molar-refractivity contribution in [3.05, 3.63) is 11.8 Å². The molecule has 6 nitrogen and oxygen atoms in total. The quantitative estimate of drug-likeness (QED) is 0.908. The molecule has 0 atom stereocenters. The van der Waals surface area contributed by atoms with Crippen molar-refractivity contribution in [3.8, 4) is 0 Å². The highest BCUT2D eigenvalue weighted by atomic mass is 16.1. The summed E-state index contributed by atoms with van der Waals surface area (Å²) in [4.78, 5) is 26.0. The molecule has 1 aliphatic heterocycles. The SMILES string of the molecule is Cc1cc(N(C)C)nc(N2CCC(C(=O)NC3CCCCC3)CC2)n1. The number of hydrogen-bond donors (Lipinski definition) is 1. The molecule has 0 radical (unpaired) electrons. The molecule has 6 heteroatoms. The third kappa shape index (κ3) is 4.61. The van der Waals surface area contributed by atoms with E-state index < -0.39 is 0 Å². The van der Waals surface area contributed by atoms with Crippen LogP contribution in [0.5, 0.6) is 0 Å². The second kappa shape index (κ2) is 8.02. The molecule has 1 aromatic heterocycles. The summed E-state index contributed by atoms with van der Waals surface area (Å²) in [5.74, 6) is 2.11. The molecular weight excluding hydrogens is 314 g/mol.